The molecule has 0 aromatic carbocycles. The van der Waals surface area contributed by atoms with Crippen LogP contribution in [0.4, 0.5) is 0 Å². The molecule has 0 aliphatic heterocycles. The van der Waals surface area contributed by atoms with Gasteiger partial charge in [-0.15, -0.1) is 0 Å². The van der Waals surface area contributed by atoms with Crippen LogP contribution < -0.4 is 0 Å². The molecule has 0 heterocycles. The van der Waals surface area contributed by atoms with E-state index < -0.39 is 11.2 Å². The fourth-order valence-electron chi connectivity index (χ4n) is 4.14. The smallest absolute Gasteiger partial charge is 0.0674 e. The number of aliphatic hydroxyl groups excluding tert-OH is 1. The molecule has 3 nitrogen and oxygen atoms in total. The molecule has 3 N–H and O–H groups in total. The minimum Gasteiger partial charge on any atom is -0.393 e. The van der Waals surface area contributed by atoms with E-state index in [1.54, 1.807) is 0 Å². The third kappa shape index (κ3) is 2.00. The molecule has 2 saturated carbocycles. The van der Waals surface area contributed by atoms with Crippen LogP contribution in [0.5, 0.6) is 0 Å². The molecule has 0 saturated heterocycles. The standard InChI is InChI=1S/C15H28O3/c1-10(2)15(18)8-7-13(3)11(9-15)14(4,17)6-5-12(13)16/h10-12,16-18H,5-9H2,1-4H3/t11-,12+,13-,14+,15-/m1/s1. The van der Waals surface area contributed by atoms with E-state index in [2.05, 4.69) is 6.92 Å². The lowest BCUT2D eigenvalue weighted by Crippen LogP contribution is -2.61. The van der Waals surface area contributed by atoms with E-state index in [0.717, 1.165) is 12.8 Å². The molecule has 2 rings (SSSR count). The second kappa shape index (κ2) is 4.19. The SMILES string of the molecule is CC(C)[C@@]1(O)CC[C@]2(C)[C@@H](C1)[C@@](C)(O)CC[C@@H]2O. The zero-order valence-electron chi connectivity index (χ0n) is 12.1. The second-order valence-electron chi connectivity index (χ2n) is 7.43. The Kier molecular flexibility index (Phi) is 3.33. The lowest BCUT2D eigenvalue weighted by molar-refractivity contribution is -0.208. The minimum atomic E-state index is -0.767. The molecule has 0 aromatic heterocycles. The van der Waals surface area contributed by atoms with Gasteiger partial charge >= 0.3 is 0 Å². The van der Waals surface area contributed by atoms with Gasteiger partial charge in [-0.2, -0.15) is 0 Å². The topological polar surface area (TPSA) is 60.7 Å². The molecule has 0 bridgehead atoms. The first-order chi connectivity index (χ1) is 8.12. The molecular formula is C15H28O3. The van der Waals surface area contributed by atoms with Gasteiger partial charge in [-0.3, -0.25) is 0 Å². The Hall–Kier alpha value is -0.120. The van der Waals surface area contributed by atoms with Crippen molar-refractivity contribution in [1.82, 2.24) is 0 Å². The predicted octanol–water partition coefficient (Wildman–Crippen LogP) is 2.09. The van der Waals surface area contributed by atoms with Gasteiger partial charge in [-0.25, -0.2) is 0 Å². The van der Waals surface area contributed by atoms with E-state index in [0.29, 0.717) is 19.3 Å². The van der Waals surface area contributed by atoms with Crippen LogP contribution in [0.3, 0.4) is 0 Å². The van der Waals surface area contributed by atoms with Gasteiger partial charge in [0.2, 0.25) is 0 Å². The highest BCUT2D eigenvalue weighted by atomic mass is 16.3. The van der Waals surface area contributed by atoms with Crippen molar-refractivity contribution in [2.24, 2.45) is 17.3 Å². The van der Waals surface area contributed by atoms with Gasteiger partial charge in [0.25, 0.3) is 0 Å². The van der Waals surface area contributed by atoms with Gasteiger partial charge in [0.05, 0.1) is 17.3 Å². The molecule has 5 atom stereocenters. The quantitative estimate of drug-likeness (QED) is 0.673. The van der Waals surface area contributed by atoms with E-state index in [1.807, 2.05) is 20.8 Å². The van der Waals surface area contributed by atoms with Crippen molar-refractivity contribution in [3.05, 3.63) is 0 Å². The minimum absolute atomic E-state index is 0.0186. The molecule has 18 heavy (non-hydrogen) atoms. The molecule has 0 unspecified atom stereocenters. The van der Waals surface area contributed by atoms with Crippen LogP contribution in [-0.2, 0) is 0 Å². The van der Waals surface area contributed by atoms with Crippen LogP contribution in [0.25, 0.3) is 0 Å². The summed E-state index contributed by atoms with van der Waals surface area (Å²) in [6.07, 6.45) is 3.07. The first kappa shape index (κ1) is 14.3. The van der Waals surface area contributed by atoms with E-state index in [9.17, 15) is 15.3 Å². The largest absolute Gasteiger partial charge is 0.393 e. The average molecular weight is 256 g/mol. The van der Waals surface area contributed by atoms with Crippen molar-refractivity contribution in [2.45, 2.75) is 77.1 Å². The fourth-order valence-corrected chi connectivity index (χ4v) is 4.14. The second-order valence-corrected chi connectivity index (χ2v) is 7.43. The van der Waals surface area contributed by atoms with Crippen LogP contribution in [0.2, 0.25) is 0 Å². The molecular weight excluding hydrogens is 228 g/mol. The molecule has 2 aliphatic carbocycles. The van der Waals surface area contributed by atoms with Gasteiger partial charge in [0.1, 0.15) is 0 Å². The molecule has 2 fully saturated rings. The Morgan fingerprint density at radius 3 is 2.22 bits per heavy atom. The Balaban J connectivity index is 2.32. The Bertz CT molecular complexity index is 326. The maximum absolute atomic E-state index is 10.7. The van der Waals surface area contributed by atoms with Gasteiger partial charge in [-0.1, -0.05) is 20.8 Å². The molecule has 106 valence electrons. The Morgan fingerprint density at radius 2 is 1.67 bits per heavy atom. The van der Waals surface area contributed by atoms with E-state index in [-0.39, 0.29) is 23.4 Å². The zero-order valence-corrected chi connectivity index (χ0v) is 12.1. The number of hydrogen-bond acceptors (Lipinski definition) is 3. The Morgan fingerprint density at radius 1 is 1.06 bits per heavy atom. The summed E-state index contributed by atoms with van der Waals surface area (Å²) < 4.78 is 0. The molecule has 0 aromatic rings. The van der Waals surface area contributed by atoms with Crippen LogP contribution in [0, 0.1) is 17.3 Å². The summed E-state index contributed by atoms with van der Waals surface area (Å²) in [5.41, 5.74) is -1.70. The van der Waals surface area contributed by atoms with Gasteiger partial charge in [-0.05, 0) is 56.3 Å². The molecule has 0 spiro atoms. The van der Waals surface area contributed by atoms with E-state index >= 15 is 0 Å². The van der Waals surface area contributed by atoms with E-state index in [1.165, 1.54) is 0 Å². The number of aliphatic hydroxyl groups is 3. The summed E-state index contributed by atoms with van der Waals surface area (Å²) in [6, 6.07) is 0. The summed E-state index contributed by atoms with van der Waals surface area (Å²) in [6.45, 7) is 8.02. The molecule has 0 radical (unpaired) electrons. The number of rotatable bonds is 1. The van der Waals surface area contributed by atoms with Crippen molar-refractivity contribution in [1.29, 1.82) is 0 Å². The highest BCUT2D eigenvalue weighted by Crippen LogP contribution is 2.57. The monoisotopic (exact) mass is 256 g/mol. The third-order valence-electron chi connectivity index (χ3n) is 5.96. The van der Waals surface area contributed by atoms with Crippen LogP contribution >= 0.6 is 0 Å². The van der Waals surface area contributed by atoms with Crippen molar-refractivity contribution >= 4 is 0 Å². The zero-order chi connectivity index (χ0) is 13.8. The Labute approximate surface area is 110 Å². The van der Waals surface area contributed by atoms with Crippen molar-refractivity contribution < 1.29 is 15.3 Å². The lowest BCUT2D eigenvalue weighted by Gasteiger charge is -2.58. The van der Waals surface area contributed by atoms with Crippen molar-refractivity contribution in [2.75, 3.05) is 0 Å². The first-order valence-electron chi connectivity index (χ1n) is 7.25. The summed E-state index contributed by atoms with van der Waals surface area (Å²) >= 11 is 0. The predicted molar refractivity (Wildman–Crippen MR) is 71.1 cm³/mol. The number of fused-ring (bicyclic) bond motifs is 1. The van der Waals surface area contributed by atoms with E-state index in [4.69, 9.17) is 0 Å². The third-order valence-corrected chi connectivity index (χ3v) is 5.96. The summed E-state index contributed by atoms with van der Waals surface area (Å²) in [4.78, 5) is 0. The van der Waals surface area contributed by atoms with Gasteiger partial charge < -0.3 is 15.3 Å². The van der Waals surface area contributed by atoms with Crippen LogP contribution in [0.1, 0.15) is 59.8 Å². The summed E-state index contributed by atoms with van der Waals surface area (Å²) in [7, 11) is 0. The average Bonchev–Trinajstić information content (AvgIpc) is 2.27. The first-order valence-corrected chi connectivity index (χ1v) is 7.25. The maximum Gasteiger partial charge on any atom is 0.0674 e. The fraction of sp³-hybridized carbons (Fsp3) is 1.00. The lowest BCUT2D eigenvalue weighted by atomic mass is 9.50. The van der Waals surface area contributed by atoms with Crippen LogP contribution in [-0.4, -0.2) is 32.6 Å². The van der Waals surface area contributed by atoms with Crippen molar-refractivity contribution in [3.63, 3.8) is 0 Å². The summed E-state index contributed by atoms with van der Waals surface area (Å²) in [5.74, 6) is 0.173. The highest BCUT2D eigenvalue weighted by molar-refractivity contribution is 5.08. The molecule has 0 amide bonds. The van der Waals surface area contributed by atoms with Crippen molar-refractivity contribution in [3.8, 4) is 0 Å². The maximum atomic E-state index is 10.7. The highest BCUT2D eigenvalue weighted by Gasteiger charge is 2.58. The van der Waals surface area contributed by atoms with Gasteiger partial charge in [0.15, 0.2) is 0 Å². The molecule has 3 heteroatoms. The molecule has 2 aliphatic rings. The van der Waals surface area contributed by atoms with Crippen LogP contribution in [0.15, 0.2) is 0 Å². The number of hydrogen-bond donors (Lipinski definition) is 3. The normalized spacial score (nSPS) is 53.3. The van der Waals surface area contributed by atoms with Gasteiger partial charge in [0, 0.05) is 0 Å². The summed E-state index contributed by atoms with van der Waals surface area (Å²) in [5, 5.41) is 31.7.